The van der Waals surface area contributed by atoms with Gasteiger partial charge >= 0.3 is 5.51 Å². The maximum Gasteiger partial charge on any atom is 0.501 e. The van der Waals surface area contributed by atoms with Crippen LogP contribution in [0.2, 0.25) is 0 Å². The molecular formula is C22H28F3N3O4S2. The van der Waals surface area contributed by atoms with Crippen LogP contribution in [0.3, 0.4) is 0 Å². The van der Waals surface area contributed by atoms with Gasteiger partial charge in [-0.3, -0.25) is 0 Å². The molecule has 1 heterocycles. The van der Waals surface area contributed by atoms with Gasteiger partial charge in [-0.25, -0.2) is 22.0 Å². The predicted molar refractivity (Wildman–Crippen MR) is 124 cm³/mol. The van der Waals surface area contributed by atoms with Crippen molar-refractivity contribution in [3.05, 3.63) is 54.1 Å². The van der Waals surface area contributed by atoms with Gasteiger partial charge < -0.3 is 10.2 Å². The van der Waals surface area contributed by atoms with E-state index in [9.17, 15) is 30.0 Å². The van der Waals surface area contributed by atoms with Crippen LogP contribution < -0.4 is 10.5 Å². The van der Waals surface area contributed by atoms with Crippen molar-refractivity contribution in [3.8, 4) is 0 Å². The second kappa shape index (κ2) is 10.6. The number of nitrogens with two attached hydrogens (primary N) is 1. The Bertz CT molecular complexity index is 1180. The van der Waals surface area contributed by atoms with E-state index in [1.807, 2.05) is 30.3 Å². The molecular weight excluding hydrogens is 491 g/mol. The number of piperidine rings is 1. The minimum absolute atomic E-state index is 0.315. The summed E-state index contributed by atoms with van der Waals surface area (Å²) in [7, 11) is -10.3. The van der Waals surface area contributed by atoms with E-state index in [-0.39, 0.29) is 5.69 Å². The van der Waals surface area contributed by atoms with E-state index < -0.39 is 41.2 Å². The number of sulfone groups is 1. The molecule has 7 nitrogen and oxygen atoms in total. The number of hydrogen-bond donors (Lipinski definition) is 2. The summed E-state index contributed by atoms with van der Waals surface area (Å²) in [5.41, 5.74) is -4.99. The van der Waals surface area contributed by atoms with Gasteiger partial charge in [-0.05, 0) is 62.5 Å². The van der Waals surface area contributed by atoms with Crippen molar-refractivity contribution in [1.29, 1.82) is 0 Å². The number of nitrogens with zero attached hydrogens (tertiary/aromatic N) is 1. The lowest BCUT2D eigenvalue weighted by Gasteiger charge is -2.29. The number of likely N-dealkylation sites (tertiary alicyclic amines) is 1. The topological polar surface area (TPSA) is 110 Å². The maximum atomic E-state index is 13.4. The predicted octanol–water partition coefficient (Wildman–Crippen LogP) is 3.53. The van der Waals surface area contributed by atoms with Crippen molar-refractivity contribution >= 4 is 25.5 Å². The van der Waals surface area contributed by atoms with Crippen LogP contribution in [-0.2, 0) is 26.3 Å². The van der Waals surface area contributed by atoms with Gasteiger partial charge in [0.2, 0.25) is 10.0 Å². The van der Waals surface area contributed by atoms with Crippen LogP contribution in [0.5, 0.6) is 0 Å². The first kappa shape index (κ1) is 26.5. The average Bonchev–Trinajstić information content (AvgIpc) is 2.77. The fourth-order valence-electron chi connectivity index (χ4n) is 4.01. The molecule has 0 saturated carbocycles. The number of halogens is 3. The molecule has 0 amide bonds. The third-order valence-corrected chi connectivity index (χ3v) is 8.24. The molecule has 34 heavy (non-hydrogen) atoms. The fourth-order valence-corrected chi connectivity index (χ4v) is 5.57. The number of anilines is 1. The first-order chi connectivity index (χ1) is 15.9. The van der Waals surface area contributed by atoms with Crippen LogP contribution in [-0.4, -0.2) is 52.9 Å². The molecule has 1 saturated heterocycles. The zero-order valence-electron chi connectivity index (χ0n) is 18.5. The molecule has 2 aromatic rings. The molecule has 0 bridgehead atoms. The first-order valence-corrected chi connectivity index (χ1v) is 13.9. The molecule has 188 valence electrons. The summed E-state index contributed by atoms with van der Waals surface area (Å²) in [5.74, 6) is 0. The number of sulfonamides is 1. The monoisotopic (exact) mass is 519 g/mol. The molecule has 0 aliphatic carbocycles. The molecule has 3 rings (SSSR count). The van der Waals surface area contributed by atoms with Gasteiger partial charge in [0, 0.05) is 12.6 Å². The Morgan fingerprint density at radius 3 is 2.21 bits per heavy atom. The molecule has 1 aliphatic rings. The van der Waals surface area contributed by atoms with Crippen molar-refractivity contribution in [2.24, 2.45) is 5.14 Å². The van der Waals surface area contributed by atoms with Crippen LogP contribution in [0.4, 0.5) is 18.9 Å². The first-order valence-electron chi connectivity index (χ1n) is 10.9. The minimum atomic E-state index is -5.84. The normalized spacial score (nSPS) is 16.8. The third kappa shape index (κ3) is 6.71. The molecule has 0 aromatic heterocycles. The molecule has 12 heteroatoms. The highest BCUT2D eigenvalue weighted by molar-refractivity contribution is 7.92. The molecule has 1 aliphatic heterocycles. The molecule has 0 radical (unpaired) electrons. The van der Waals surface area contributed by atoms with Crippen LogP contribution in [0, 0.1) is 0 Å². The van der Waals surface area contributed by atoms with Crippen molar-refractivity contribution in [1.82, 2.24) is 4.90 Å². The lowest BCUT2D eigenvalue weighted by Crippen LogP contribution is -2.35. The van der Waals surface area contributed by atoms with E-state index in [0.29, 0.717) is 25.5 Å². The Balaban J connectivity index is 1.96. The average molecular weight is 520 g/mol. The second-order valence-electron chi connectivity index (χ2n) is 8.37. The fraction of sp³-hybridized carbons (Fsp3) is 0.455. The summed E-state index contributed by atoms with van der Waals surface area (Å²) in [6, 6.07) is 11.4. The Hall–Kier alpha value is -2.15. The second-order valence-corrected chi connectivity index (χ2v) is 11.8. The van der Waals surface area contributed by atoms with Crippen molar-refractivity contribution < 1.29 is 30.0 Å². The SMILES string of the molecule is NS(=O)(=O)c1ccc(NC(CCN2CCCCC2)Cc2ccccc2)c(S(=O)(=O)C(F)(F)F)c1. The number of hydrogen-bond acceptors (Lipinski definition) is 6. The third-order valence-electron chi connectivity index (χ3n) is 5.80. The quantitative estimate of drug-likeness (QED) is 0.525. The number of rotatable bonds is 9. The Morgan fingerprint density at radius 1 is 0.971 bits per heavy atom. The van der Waals surface area contributed by atoms with Gasteiger partial charge in [0.25, 0.3) is 9.84 Å². The van der Waals surface area contributed by atoms with Gasteiger partial charge in [0.1, 0.15) is 4.90 Å². The summed E-state index contributed by atoms with van der Waals surface area (Å²) in [6.45, 7) is 2.57. The summed E-state index contributed by atoms with van der Waals surface area (Å²) in [5, 5.41) is 7.98. The minimum Gasteiger partial charge on any atom is -0.381 e. The Labute approximate surface area is 198 Å². The zero-order valence-corrected chi connectivity index (χ0v) is 20.1. The van der Waals surface area contributed by atoms with Gasteiger partial charge in [-0.2, -0.15) is 13.2 Å². The molecule has 1 unspecified atom stereocenters. The number of alkyl halides is 3. The lowest BCUT2D eigenvalue weighted by atomic mass is 10.0. The van der Waals surface area contributed by atoms with E-state index in [1.165, 1.54) is 0 Å². The van der Waals surface area contributed by atoms with Gasteiger partial charge in [-0.1, -0.05) is 36.8 Å². The van der Waals surface area contributed by atoms with Gasteiger partial charge in [0.15, 0.2) is 0 Å². The van der Waals surface area contributed by atoms with Crippen LogP contribution in [0.1, 0.15) is 31.2 Å². The number of benzene rings is 2. The smallest absolute Gasteiger partial charge is 0.381 e. The van der Waals surface area contributed by atoms with Crippen LogP contribution in [0.15, 0.2) is 58.3 Å². The van der Waals surface area contributed by atoms with Crippen LogP contribution in [0.25, 0.3) is 0 Å². The van der Waals surface area contributed by atoms with Crippen molar-refractivity contribution in [2.45, 2.75) is 53.4 Å². The summed E-state index contributed by atoms with van der Waals surface area (Å²) in [6.07, 6.45) is 4.32. The molecule has 1 atom stereocenters. The highest BCUT2D eigenvalue weighted by atomic mass is 32.2. The number of primary sulfonamides is 1. The summed E-state index contributed by atoms with van der Waals surface area (Å²) >= 11 is 0. The van der Waals surface area contributed by atoms with Crippen molar-refractivity contribution in [3.63, 3.8) is 0 Å². The lowest BCUT2D eigenvalue weighted by molar-refractivity contribution is -0.0435. The summed E-state index contributed by atoms with van der Waals surface area (Å²) in [4.78, 5) is 0.400. The molecule has 2 aromatic carbocycles. The van der Waals surface area contributed by atoms with E-state index in [4.69, 9.17) is 5.14 Å². The van der Waals surface area contributed by atoms with E-state index >= 15 is 0 Å². The van der Waals surface area contributed by atoms with Crippen molar-refractivity contribution in [2.75, 3.05) is 25.0 Å². The van der Waals surface area contributed by atoms with E-state index in [1.54, 1.807) is 0 Å². The molecule has 0 spiro atoms. The largest absolute Gasteiger partial charge is 0.501 e. The highest BCUT2D eigenvalue weighted by Crippen LogP contribution is 2.36. The molecule has 1 fully saturated rings. The van der Waals surface area contributed by atoms with E-state index in [0.717, 1.165) is 50.0 Å². The Morgan fingerprint density at radius 2 is 1.62 bits per heavy atom. The van der Waals surface area contributed by atoms with Crippen LogP contribution >= 0.6 is 0 Å². The maximum absolute atomic E-state index is 13.4. The molecule has 3 N–H and O–H groups in total. The Kier molecular flexibility index (Phi) is 8.27. The van der Waals surface area contributed by atoms with Gasteiger partial charge in [0.05, 0.1) is 10.6 Å². The summed E-state index contributed by atoms with van der Waals surface area (Å²) < 4.78 is 88.2. The highest BCUT2D eigenvalue weighted by Gasteiger charge is 2.48. The number of nitrogens with one attached hydrogen (secondary N) is 1. The standard InChI is InChI=1S/C22H28F3N3O4S2/c23-22(24,25)33(29,30)21-16-19(34(26,31)32)9-10-20(21)27-18(15-17-7-3-1-4-8-17)11-14-28-12-5-2-6-13-28/h1,3-4,7-10,16,18,27H,2,5-6,11-15H2,(H2,26,31,32). The van der Waals surface area contributed by atoms with E-state index in [2.05, 4.69) is 10.2 Å². The van der Waals surface area contributed by atoms with Gasteiger partial charge in [-0.15, -0.1) is 0 Å². The zero-order chi connectivity index (χ0) is 25.0.